The molecule has 74 valence electrons. The summed E-state index contributed by atoms with van der Waals surface area (Å²) in [5.74, 6) is 0. The van der Waals surface area contributed by atoms with Crippen molar-refractivity contribution in [1.82, 2.24) is 4.89 Å². The number of nitrogens with one attached hydrogen (secondary N) is 1. The van der Waals surface area contributed by atoms with Gasteiger partial charge in [0.25, 0.3) is 11.0 Å². The van der Waals surface area contributed by atoms with Crippen molar-refractivity contribution in [3.63, 3.8) is 0 Å². The minimum Gasteiger partial charge on any atom is -0.328 e. The van der Waals surface area contributed by atoms with Crippen LogP contribution in [0.15, 0.2) is 0 Å². The predicted octanol–water partition coefficient (Wildman–Crippen LogP) is -2.75. The van der Waals surface area contributed by atoms with Crippen LogP contribution in [-0.2, 0) is 29.8 Å². The van der Waals surface area contributed by atoms with Gasteiger partial charge in [0.15, 0.2) is 0 Å². The van der Waals surface area contributed by atoms with Crippen molar-refractivity contribution in [2.45, 2.75) is 0 Å². The molecule has 0 unspecified atom stereocenters. The van der Waals surface area contributed by atoms with Crippen molar-refractivity contribution in [3.05, 3.63) is 0 Å². The van der Waals surface area contributed by atoms with Gasteiger partial charge in [-0.15, -0.1) is 0 Å². The van der Waals surface area contributed by atoms with E-state index in [1.165, 1.54) is 4.89 Å². The van der Waals surface area contributed by atoms with E-state index in [9.17, 15) is 16.8 Å². The van der Waals surface area contributed by atoms with Crippen LogP contribution in [0.4, 0.5) is 0 Å². The van der Waals surface area contributed by atoms with Gasteiger partial charge in [0.2, 0.25) is 0 Å². The van der Waals surface area contributed by atoms with Crippen molar-refractivity contribution in [3.8, 4) is 0 Å². The van der Waals surface area contributed by atoms with Crippen molar-refractivity contribution < 1.29 is 25.3 Å². The Kier molecular flexibility index (Phi) is 5.28. The maximum absolute atomic E-state index is 10.5. The summed E-state index contributed by atoms with van der Waals surface area (Å²) in [6.45, 7) is -0.265. The highest BCUT2D eigenvalue weighted by atomic mass is 32.2. The standard InChI is InChI=1S/C2H8N2O6S2/c3-1-2-9-12(7,8)4-10-11(5)6/h4,11H,1-3H2. The van der Waals surface area contributed by atoms with Crippen LogP contribution in [0.25, 0.3) is 0 Å². The minimum absolute atomic E-state index is 0.00950. The highest BCUT2D eigenvalue weighted by Crippen LogP contribution is 1.85. The van der Waals surface area contributed by atoms with Crippen LogP contribution in [-0.4, -0.2) is 30.0 Å². The monoisotopic (exact) mass is 220 g/mol. The van der Waals surface area contributed by atoms with E-state index in [1.54, 1.807) is 0 Å². The van der Waals surface area contributed by atoms with Gasteiger partial charge in [0.05, 0.1) is 6.61 Å². The summed E-state index contributed by atoms with van der Waals surface area (Å²) in [6.07, 6.45) is 0. The van der Waals surface area contributed by atoms with Gasteiger partial charge in [-0.05, 0) is 0 Å². The van der Waals surface area contributed by atoms with Crippen LogP contribution in [0, 0.1) is 0 Å². The number of nitrogens with two attached hydrogens (primary N) is 1. The van der Waals surface area contributed by atoms with Gasteiger partial charge in [-0.2, -0.15) is 12.7 Å². The van der Waals surface area contributed by atoms with E-state index in [2.05, 4.69) is 8.47 Å². The summed E-state index contributed by atoms with van der Waals surface area (Å²) in [5, 5.41) is 0. The molecule has 0 fully saturated rings. The van der Waals surface area contributed by atoms with Gasteiger partial charge in [0, 0.05) is 6.54 Å². The molecule has 0 radical (unpaired) electrons. The summed E-state index contributed by atoms with van der Waals surface area (Å²) >= 11 is 0. The molecule has 0 bridgehead atoms. The fourth-order valence-corrected chi connectivity index (χ4v) is 1.23. The molecule has 12 heavy (non-hydrogen) atoms. The van der Waals surface area contributed by atoms with Crippen molar-refractivity contribution in [2.75, 3.05) is 13.2 Å². The molecular weight excluding hydrogens is 212 g/mol. The first-order valence-corrected chi connectivity index (χ1v) is 5.16. The highest BCUT2D eigenvalue weighted by Gasteiger charge is 2.09. The quantitative estimate of drug-likeness (QED) is 0.327. The SMILES string of the molecule is NCCOS(=O)(=O)NO[SH](=O)=O. The lowest BCUT2D eigenvalue weighted by Crippen LogP contribution is -2.27. The Hall–Kier alpha value is -0.260. The van der Waals surface area contributed by atoms with Crippen LogP contribution in [0.3, 0.4) is 0 Å². The van der Waals surface area contributed by atoms with Gasteiger partial charge in [0.1, 0.15) is 0 Å². The molecule has 0 heterocycles. The minimum atomic E-state index is -4.17. The second-order valence-corrected chi connectivity index (χ2v) is 3.40. The summed E-state index contributed by atoms with van der Waals surface area (Å²) in [7, 11) is -7.46. The number of thiol groups is 1. The van der Waals surface area contributed by atoms with Crippen molar-refractivity contribution in [1.29, 1.82) is 0 Å². The number of rotatable bonds is 6. The van der Waals surface area contributed by atoms with E-state index in [1.807, 2.05) is 0 Å². The van der Waals surface area contributed by atoms with Crippen LogP contribution in [0.2, 0.25) is 0 Å². The molecule has 0 aliphatic rings. The molecule has 0 aromatic heterocycles. The van der Waals surface area contributed by atoms with Gasteiger partial charge in [-0.3, -0.25) is 4.18 Å². The van der Waals surface area contributed by atoms with E-state index in [-0.39, 0.29) is 13.2 Å². The largest absolute Gasteiger partial charge is 0.359 e. The Morgan fingerprint density at radius 2 is 2.00 bits per heavy atom. The number of hydrogen-bond donors (Lipinski definition) is 3. The van der Waals surface area contributed by atoms with Crippen molar-refractivity contribution >= 4 is 21.3 Å². The third-order valence-corrected chi connectivity index (χ3v) is 1.70. The molecule has 10 heteroatoms. The summed E-state index contributed by atoms with van der Waals surface area (Å²) in [4.78, 5) is 1.19. The molecule has 0 amide bonds. The van der Waals surface area contributed by atoms with Crippen LogP contribution in [0.5, 0.6) is 0 Å². The molecule has 0 spiro atoms. The van der Waals surface area contributed by atoms with E-state index < -0.39 is 21.3 Å². The lowest BCUT2D eigenvalue weighted by molar-refractivity contribution is 0.239. The predicted molar refractivity (Wildman–Crippen MR) is 38.5 cm³/mol. The van der Waals surface area contributed by atoms with Gasteiger partial charge in [-0.1, -0.05) is 4.89 Å². The Morgan fingerprint density at radius 3 is 2.42 bits per heavy atom. The zero-order valence-electron chi connectivity index (χ0n) is 5.80. The topological polar surface area (TPSA) is 125 Å². The zero-order chi connectivity index (χ0) is 9.61. The average Bonchev–Trinajstić information content (AvgIpc) is 1.98. The Balaban J connectivity index is 3.88. The second-order valence-electron chi connectivity index (χ2n) is 1.46. The molecule has 0 rings (SSSR count). The van der Waals surface area contributed by atoms with E-state index in [0.29, 0.717) is 0 Å². The van der Waals surface area contributed by atoms with Crippen molar-refractivity contribution in [2.24, 2.45) is 5.73 Å². The fourth-order valence-electron chi connectivity index (χ4n) is 0.258. The maximum atomic E-state index is 10.5. The highest BCUT2D eigenvalue weighted by molar-refractivity contribution is 7.84. The van der Waals surface area contributed by atoms with Crippen LogP contribution < -0.4 is 10.6 Å². The average molecular weight is 220 g/mol. The lowest BCUT2D eigenvalue weighted by Gasteiger charge is -2.01. The van der Waals surface area contributed by atoms with Crippen LogP contribution in [0.1, 0.15) is 0 Å². The second kappa shape index (κ2) is 5.40. The van der Waals surface area contributed by atoms with E-state index in [4.69, 9.17) is 5.73 Å². The summed E-state index contributed by atoms with van der Waals surface area (Å²) in [6, 6.07) is 0. The molecule has 0 saturated heterocycles. The molecule has 0 atom stereocenters. The first kappa shape index (κ1) is 11.7. The molecule has 8 nitrogen and oxygen atoms in total. The van der Waals surface area contributed by atoms with Gasteiger partial charge < -0.3 is 5.73 Å². The van der Waals surface area contributed by atoms with E-state index >= 15 is 0 Å². The Morgan fingerprint density at radius 1 is 1.42 bits per heavy atom. The molecule has 0 aromatic rings. The summed E-state index contributed by atoms with van der Waals surface area (Å²) < 4.78 is 48.1. The smallest absolute Gasteiger partial charge is 0.328 e. The van der Waals surface area contributed by atoms with Crippen LogP contribution >= 0.6 is 0 Å². The molecular formula is C2H8N2O6S2. The first-order valence-electron chi connectivity index (χ1n) is 2.65. The summed E-state index contributed by atoms with van der Waals surface area (Å²) in [5.41, 5.74) is 4.91. The maximum Gasteiger partial charge on any atom is 0.359 e. The fraction of sp³-hybridized carbons (Fsp3) is 1.00. The van der Waals surface area contributed by atoms with Gasteiger partial charge in [-0.25, -0.2) is 8.42 Å². The zero-order valence-corrected chi connectivity index (χ0v) is 7.51. The third kappa shape index (κ3) is 6.45. The lowest BCUT2D eigenvalue weighted by atomic mass is 10.8. The molecule has 0 aliphatic heterocycles. The molecule has 0 aromatic carbocycles. The van der Waals surface area contributed by atoms with Gasteiger partial charge >= 0.3 is 10.3 Å². The third-order valence-electron chi connectivity index (χ3n) is 0.570. The molecule has 0 saturated carbocycles. The molecule has 3 N–H and O–H groups in total. The van der Waals surface area contributed by atoms with E-state index in [0.717, 1.165) is 0 Å². The first-order chi connectivity index (χ1) is 5.48. The number of hydrogen-bond acceptors (Lipinski definition) is 7. The Labute approximate surface area is 71.0 Å². The molecule has 0 aliphatic carbocycles. The Bertz CT molecular complexity index is 272. The normalized spacial score (nSPS) is 12.2.